The molecule has 1 N–H and O–H groups in total. The highest BCUT2D eigenvalue weighted by atomic mass is 19.4. The smallest absolute Gasteiger partial charge is 0.471 e. The number of carbonyl (C=O) groups excluding carboxylic acids is 1. The highest BCUT2D eigenvalue weighted by Gasteiger charge is 2.43. The van der Waals surface area contributed by atoms with Crippen LogP contribution in [0.2, 0.25) is 0 Å². The molecule has 0 aromatic carbocycles. The quantitative estimate of drug-likeness (QED) is 0.789. The predicted molar refractivity (Wildman–Crippen MR) is 47.6 cm³/mol. The summed E-state index contributed by atoms with van der Waals surface area (Å²) in [6.45, 7) is -0.0351. The second-order valence-corrected chi connectivity index (χ2v) is 3.83. The Labute approximate surface area is 90.0 Å². The zero-order valence-electron chi connectivity index (χ0n) is 8.46. The van der Waals surface area contributed by atoms with Gasteiger partial charge in [0.15, 0.2) is 0 Å². The van der Waals surface area contributed by atoms with E-state index in [2.05, 4.69) is 0 Å². The summed E-state index contributed by atoms with van der Waals surface area (Å²) in [6.07, 6.45) is -4.25. The third-order valence-electron chi connectivity index (χ3n) is 2.61. The molecular weight excluding hydrogens is 227 g/mol. The van der Waals surface area contributed by atoms with Gasteiger partial charge in [-0.1, -0.05) is 0 Å². The topological polar surface area (TPSA) is 57.6 Å². The van der Waals surface area contributed by atoms with Gasteiger partial charge in [-0.3, -0.25) is 9.59 Å². The number of rotatable bonds is 2. The lowest BCUT2D eigenvalue weighted by Gasteiger charge is -2.31. The molecule has 7 heteroatoms. The van der Waals surface area contributed by atoms with E-state index in [9.17, 15) is 22.8 Å². The summed E-state index contributed by atoms with van der Waals surface area (Å²) in [6, 6.07) is 0. The number of piperidine rings is 1. The lowest BCUT2D eigenvalue weighted by Crippen LogP contribution is -2.45. The van der Waals surface area contributed by atoms with Crippen LogP contribution >= 0.6 is 0 Å². The molecule has 1 aliphatic rings. The summed E-state index contributed by atoms with van der Waals surface area (Å²) in [5.74, 6) is -2.92. The van der Waals surface area contributed by atoms with Crippen LogP contribution in [0, 0.1) is 5.92 Å². The Morgan fingerprint density at radius 1 is 1.25 bits per heavy atom. The minimum Gasteiger partial charge on any atom is -0.481 e. The SMILES string of the molecule is O=C(O)CC1CCN(C(=O)C(F)(F)F)CC1. The number of likely N-dealkylation sites (tertiary alicyclic amines) is 1. The van der Waals surface area contributed by atoms with Gasteiger partial charge >= 0.3 is 18.1 Å². The number of hydrogen-bond acceptors (Lipinski definition) is 2. The molecule has 92 valence electrons. The fourth-order valence-corrected chi connectivity index (χ4v) is 1.77. The minimum atomic E-state index is -4.83. The summed E-state index contributed by atoms with van der Waals surface area (Å²) in [5, 5.41) is 8.51. The van der Waals surface area contributed by atoms with Crippen LogP contribution in [0.5, 0.6) is 0 Å². The number of aliphatic carboxylic acids is 1. The van der Waals surface area contributed by atoms with E-state index in [-0.39, 0.29) is 25.4 Å². The van der Waals surface area contributed by atoms with E-state index < -0.39 is 18.1 Å². The molecule has 0 spiro atoms. The summed E-state index contributed by atoms with van der Waals surface area (Å²) in [7, 11) is 0. The van der Waals surface area contributed by atoms with Gasteiger partial charge in [-0.2, -0.15) is 13.2 Å². The molecule has 1 heterocycles. The first-order valence-corrected chi connectivity index (χ1v) is 4.88. The fourth-order valence-electron chi connectivity index (χ4n) is 1.77. The second kappa shape index (κ2) is 4.71. The Morgan fingerprint density at radius 3 is 2.12 bits per heavy atom. The number of carboxylic acid groups (broad SMARTS) is 1. The van der Waals surface area contributed by atoms with Gasteiger partial charge in [-0.25, -0.2) is 0 Å². The molecule has 16 heavy (non-hydrogen) atoms. The molecule has 0 atom stereocenters. The summed E-state index contributed by atoms with van der Waals surface area (Å²) < 4.78 is 36.2. The normalized spacial score (nSPS) is 18.6. The van der Waals surface area contributed by atoms with Crippen LogP contribution in [0.3, 0.4) is 0 Å². The van der Waals surface area contributed by atoms with Crippen molar-refractivity contribution in [2.24, 2.45) is 5.92 Å². The average molecular weight is 239 g/mol. The molecule has 0 aromatic rings. The van der Waals surface area contributed by atoms with Crippen molar-refractivity contribution in [3.63, 3.8) is 0 Å². The van der Waals surface area contributed by atoms with Crippen molar-refractivity contribution >= 4 is 11.9 Å². The number of carbonyl (C=O) groups is 2. The van der Waals surface area contributed by atoms with E-state index in [1.54, 1.807) is 0 Å². The van der Waals surface area contributed by atoms with Crippen LogP contribution in [-0.4, -0.2) is 41.1 Å². The van der Waals surface area contributed by atoms with E-state index in [1.165, 1.54) is 0 Å². The maximum atomic E-state index is 12.1. The molecule has 0 unspecified atom stereocenters. The van der Waals surface area contributed by atoms with Crippen molar-refractivity contribution in [1.82, 2.24) is 4.90 Å². The fraction of sp³-hybridized carbons (Fsp3) is 0.778. The second-order valence-electron chi connectivity index (χ2n) is 3.83. The van der Waals surface area contributed by atoms with Gasteiger partial charge in [-0.05, 0) is 18.8 Å². The number of hydrogen-bond donors (Lipinski definition) is 1. The van der Waals surface area contributed by atoms with Crippen molar-refractivity contribution in [2.75, 3.05) is 13.1 Å². The van der Waals surface area contributed by atoms with Gasteiger partial charge in [0.1, 0.15) is 0 Å². The van der Waals surface area contributed by atoms with Gasteiger partial charge < -0.3 is 10.0 Å². The summed E-state index contributed by atoms with van der Waals surface area (Å²) in [5.41, 5.74) is 0. The van der Waals surface area contributed by atoms with Crippen LogP contribution < -0.4 is 0 Å². The van der Waals surface area contributed by atoms with E-state index in [0.717, 1.165) is 4.90 Å². The lowest BCUT2D eigenvalue weighted by atomic mass is 9.93. The number of halogens is 3. The van der Waals surface area contributed by atoms with Crippen LogP contribution in [0.15, 0.2) is 0 Å². The Kier molecular flexibility index (Phi) is 3.77. The molecule has 0 radical (unpaired) electrons. The van der Waals surface area contributed by atoms with E-state index in [0.29, 0.717) is 12.8 Å². The molecular formula is C9H12F3NO3. The number of alkyl halides is 3. The van der Waals surface area contributed by atoms with E-state index in [4.69, 9.17) is 5.11 Å². The minimum absolute atomic E-state index is 0.0176. The summed E-state index contributed by atoms with van der Waals surface area (Å²) in [4.78, 5) is 21.9. The van der Waals surface area contributed by atoms with E-state index in [1.807, 2.05) is 0 Å². The van der Waals surface area contributed by atoms with E-state index >= 15 is 0 Å². The van der Waals surface area contributed by atoms with Crippen LogP contribution in [-0.2, 0) is 9.59 Å². The van der Waals surface area contributed by atoms with Crippen LogP contribution in [0.4, 0.5) is 13.2 Å². The zero-order chi connectivity index (χ0) is 12.3. The Hall–Kier alpha value is -1.27. The maximum absolute atomic E-state index is 12.1. The van der Waals surface area contributed by atoms with Gasteiger partial charge in [0, 0.05) is 19.5 Å². The first-order chi connectivity index (χ1) is 7.30. The van der Waals surface area contributed by atoms with Gasteiger partial charge in [-0.15, -0.1) is 0 Å². The molecule has 1 saturated heterocycles. The van der Waals surface area contributed by atoms with Gasteiger partial charge in [0.2, 0.25) is 0 Å². The molecule has 0 aliphatic carbocycles. The number of amides is 1. The third-order valence-corrected chi connectivity index (χ3v) is 2.61. The molecule has 4 nitrogen and oxygen atoms in total. The van der Waals surface area contributed by atoms with Gasteiger partial charge in [0.05, 0.1) is 0 Å². The molecule has 0 aromatic heterocycles. The van der Waals surface area contributed by atoms with Crippen molar-refractivity contribution in [3.05, 3.63) is 0 Å². The molecule has 0 saturated carbocycles. The Morgan fingerprint density at radius 2 is 1.75 bits per heavy atom. The molecule has 1 fully saturated rings. The van der Waals surface area contributed by atoms with Crippen LogP contribution in [0.25, 0.3) is 0 Å². The predicted octanol–water partition coefficient (Wildman–Crippen LogP) is 1.26. The van der Waals surface area contributed by atoms with Gasteiger partial charge in [0.25, 0.3) is 0 Å². The Bertz CT molecular complexity index is 282. The summed E-state index contributed by atoms with van der Waals surface area (Å²) >= 11 is 0. The van der Waals surface area contributed by atoms with Crippen molar-refractivity contribution < 1.29 is 27.9 Å². The number of carboxylic acids is 1. The standard InChI is InChI=1S/C9H12F3NO3/c10-9(11,12)8(16)13-3-1-6(2-4-13)5-7(14)15/h6H,1-5H2,(H,14,15). The third kappa shape index (κ3) is 3.39. The highest BCUT2D eigenvalue weighted by Crippen LogP contribution is 2.25. The number of nitrogens with zero attached hydrogens (tertiary/aromatic N) is 1. The lowest BCUT2D eigenvalue weighted by molar-refractivity contribution is -0.186. The molecule has 1 aliphatic heterocycles. The monoisotopic (exact) mass is 239 g/mol. The van der Waals surface area contributed by atoms with Crippen LogP contribution in [0.1, 0.15) is 19.3 Å². The Balaban J connectivity index is 2.43. The molecule has 1 rings (SSSR count). The first-order valence-electron chi connectivity index (χ1n) is 4.88. The molecule has 0 bridgehead atoms. The average Bonchev–Trinajstić information content (AvgIpc) is 2.15. The highest BCUT2D eigenvalue weighted by molar-refractivity contribution is 5.81. The largest absolute Gasteiger partial charge is 0.481 e. The maximum Gasteiger partial charge on any atom is 0.471 e. The first kappa shape index (κ1) is 12.8. The van der Waals surface area contributed by atoms with Crippen molar-refractivity contribution in [1.29, 1.82) is 0 Å². The zero-order valence-corrected chi connectivity index (χ0v) is 8.46. The molecule has 1 amide bonds. The van der Waals surface area contributed by atoms with Crippen molar-refractivity contribution in [2.45, 2.75) is 25.4 Å². The van der Waals surface area contributed by atoms with Crippen molar-refractivity contribution in [3.8, 4) is 0 Å².